The molecule has 0 spiro atoms. The van der Waals surface area contributed by atoms with Crippen molar-refractivity contribution in [2.24, 2.45) is 7.05 Å². The molecular weight excluding hydrogens is 312 g/mol. The number of aromatic nitrogens is 6. The molecule has 0 atom stereocenters. The molecule has 0 amide bonds. The van der Waals surface area contributed by atoms with E-state index in [1.54, 1.807) is 0 Å². The molecule has 0 aromatic carbocycles. The number of fused-ring (bicyclic) bond motifs is 1. The number of rotatable bonds is 3. The predicted molar refractivity (Wildman–Crippen MR) is 96.0 cm³/mol. The van der Waals surface area contributed by atoms with Gasteiger partial charge in [-0.2, -0.15) is 10.2 Å². The van der Waals surface area contributed by atoms with E-state index in [0.29, 0.717) is 5.92 Å². The Morgan fingerprint density at radius 2 is 1.96 bits per heavy atom. The van der Waals surface area contributed by atoms with E-state index in [9.17, 15) is 0 Å². The molecule has 0 unspecified atom stereocenters. The first-order valence-corrected chi connectivity index (χ1v) is 8.51. The van der Waals surface area contributed by atoms with Gasteiger partial charge in [0.2, 0.25) is 0 Å². The van der Waals surface area contributed by atoms with Gasteiger partial charge in [-0.15, -0.1) is 0 Å². The molecule has 0 bridgehead atoms. The quantitative estimate of drug-likeness (QED) is 0.623. The van der Waals surface area contributed by atoms with Crippen LogP contribution in [0.15, 0.2) is 36.8 Å². The summed E-state index contributed by atoms with van der Waals surface area (Å²) in [7, 11) is 1.95. The molecular formula is C19H18N6. The van der Waals surface area contributed by atoms with Gasteiger partial charge in [0.15, 0.2) is 5.65 Å². The van der Waals surface area contributed by atoms with Gasteiger partial charge in [-0.25, -0.2) is 4.98 Å². The van der Waals surface area contributed by atoms with Crippen molar-refractivity contribution in [1.82, 2.24) is 29.9 Å². The van der Waals surface area contributed by atoms with Gasteiger partial charge in [0.05, 0.1) is 17.3 Å². The molecule has 6 nitrogen and oxygen atoms in total. The summed E-state index contributed by atoms with van der Waals surface area (Å²) in [5, 5.41) is 13.2. The van der Waals surface area contributed by atoms with E-state index in [1.165, 1.54) is 18.5 Å². The van der Waals surface area contributed by atoms with Gasteiger partial charge in [-0.05, 0) is 49.1 Å². The van der Waals surface area contributed by atoms with Crippen molar-refractivity contribution in [2.45, 2.75) is 25.7 Å². The normalized spacial score (nSPS) is 14.3. The average Bonchev–Trinajstić information content (AvgIpc) is 3.32. The molecule has 5 rings (SSSR count). The standard InChI is InChI=1S/C19H18N6/c1-11-15(10-21-25(11)2)16-9-14(12-5-7-20-8-6-12)17-18(13-3-4-13)23-24-19(17)22-16/h5-10,13H,3-4H2,1-2H3,(H,22,23,24). The Hall–Kier alpha value is -3.02. The number of H-pyrrole nitrogens is 1. The zero-order chi connectivity index (χ0) is 17.0. The number of aryl methyl sites for hydroxylation is 1. The number of nitrogens with one attached hydrogen (secondary N) is 1. The lowest BCUT2D eigenvalue weighted by Crippen LogP contribution is -1.94. The molecule has 6 heteroatoms. The van der Waals surface area contributed by atoms with E-state index in [1.807, 2.05) is 42.5 Å². The minimum atomic E-state index is 0.582. The molecule has 1 aliphatic rings. The topological polar surface area (TPSA) is 72.3 Å². The van der Waals surface area contributed by atoms with Crippen LogP contribution < -0.4 is 0 Å². The molecule has 1 N–H and O–H groups in total. The van der Waals surface area contributed by atoms with Gasteiger partial charge in [0, 0.05) is 42.3 Å². The monoisotopic (exact) mass is 330 g/mol. The fraction of sp³-hybridized carbons (Fsp3) is 0.263. The van der Waals surface area contributed by atoms with Crippen molar-refractivity contribution in [3.63, 3.8) is 0 Å². The lowest BCUT2D eigenvalue weighted by Gasteiger charge is -2.08. The molecule has 124 valence electrons. The van der Waals surface area contributed by atoms with E-state index < -0.39 is 0 Å². The smallest absolute Gasteiger partial charge is 0.182 e. The number of nitrogens with zero attached hydrogens (tertiary/aromatic N) is 5. The van der Waals surface area contributed by atoms with Crippen LogP contribution in [0.5, 0.6) is 0 Å². The second-order valence-electron chi connectivity index (χ2n) is 6.67. The van der Waals surface area contributed by atoms with Gasteiger partial charge in [0.25, 0.3) is 0 Å². The number of hydrogen-bond acceptors (Lipinski definition) is 4. The maximum Gasteiger partial charge on any atom is 0.182 e. The molecule has 4 aromatic rings. The Kier molecular flexibility index (Phi) is 3.00. The third kappa shape index (κ3) is 2.25. The summed E-state index contributed by atoms with van der Waals surface area (Å²) in [4.78, 5) is 8.98. The highest BCUT2D eigenvalue weighted by molar-refractivity contribution is 5.97. The molecule has 0 aliphatic heterocycles. The third-order valence-corrected chi connectivity index (χ3v) is 5.04. The van der Waals surface area contributed by atoms with Crippen LogP contribution in [0.2, 0.25) is 0 Å². The summed E-state index contributed by atoms with van der Waals surface area (Å²) in [5.41, 5.74) is 7.30. The summed E-state index contributed by atoms with van der Waals surface area (Å²) < 4.78 is 1.87. The van der Waals surface area contributed by atoms with Crippen molar-refractivity contribution in [3.05, 3.63) is 48.2 Å². The van der Waals surface area contributed by atoms with Crippen molar-refractivity contribution >= 4 is 11.0 Å². The highest BCUT2D eigenvalue weighted by Gasteiger charge is 2.29. The first-order valence-electron chi connectivity index (χ1n) is 8.51. The summed E-state index contributed by atoms with van der Waals surface area (Å²) in [5.74, 6) is 0.582. The second-order valence-corrected chi connectivity index (χ2v) is 6.67. The zero-order valence-electron chi connectivity index (χ0n) is 14.2. The van der Waals surface area contributed by atoms with Gasteiger partial charge in [-0.1, -0.05) is 0 Å². The Morgan fingerprint density at radius 3 is 2.64 bits per heavy atom. The summed E-state index contributed by atoms with van der Waals surface area (Å²) in [6.07, 6.45) is 7.96. The Labute approximate surface area is 144 Å². The molecule has 1 saturated carbocycles. The molecule has 0 radical (unpaired) electrons. The van der Waals surface area contributed by atoms with E-state index >= 15 is 0 Å². The molecule has 4 heterocycles. The lowest BCUT2D eigenvalue weighted by atomic mass is 9.99. The average molecular weight is 330 g/mol. The Bertz CT molecular complexity index is 1070. The van der Waals surface area contributed by atoms with Gasteiger partial charge < -0.3 is 0 Å². The zero-order valence-corrected chi connectivity index (χ0v) is 14.2. The highest BCUT2D eigenvalue weighted by atomic mass is 15.3. The van der Waals surface area contributed by atoms with Crippen LogP contribution in [0.1, 0.15) is 30.1 Å². The van der Waals surface area contributed by atoms with Crippen LogP contribution in [0.3, 0.4) is 0 Å². The molecule has 1 aliphatic carbocycles. The molecule has 25 heavy (non-hydrogen) atoms. The maximum absolute atomic E-state index is 4.83. The number of aromatic amines is 1. The minimum absolute atomic E-state index is 0.582. The fourth-order valence-corrected chi connectivity index (χ4v) is 3.36. The first kappa shape index (κ1) is 14.3. The SMILES string of the molecule is Cc1c(-c2cc(-c3ccncc3)c3c(C4CC4)[nH]nc3n2)cnn1C. The van der Waals surface area contributed by atoms with Gasteiger partial charge in [-0.3, -0.25) is 14.8 Å². The third-order valence-electron chi connectivity index (χ3n) is 5.04. The van der Waals surface area contributed by atoms with Crippen LogP contribution in [0.25, 0.3) is 33.4 Å². The predicted octanol–water partition coefficient (Wildman–Crippen LogP) is 3.61. The lowest BCUT2D eigenvalue weighted by molar-refractivity contribution is 0.740. The summed E-state index contributed by atoms with van der Waals surface area (Å²) in [6, 6.07) is 6.24. The maximum atomic E-state index is 4.83. The first-order chi connectivity index (χ1) is 12.2. The van der Waals surface area contributed by atoms with E-state index in [4.69, 9.17) is 4.98 Å². The van der Waals surface area contributed by atoms with Crippen LogP contribution >= 0.6 is 0 Å². The van der Waals surface area contributed by atoms with E-state index in [0.717, 1.165) is 39.1 Å². The van der Waals surface area contributed by atoms with Crippen LogP contribution in [0.4, 0.5) is 0 Å². The summed E-state index contributed by atoms with van der Waals surface area (Å²) in [6.45, 7) is 2.06. The molecule has 1 fully saturated rings. The highest BCUT2D eigenvalue weighted by Crippen LogP contribution is 2.44. The largest absolute Gasteiger partial charge is 0.279 e. The molecule has 0 saturated heterocycles. The van der Waals surface area contributed by atoms with Crippen molar-refractivity contribution in [1.29, 1.82) is 0 Å². The molecule has 4 aromatic heterocycles. The van der Waals surface area contributed by atoms with E-state index in [-0.39, 0.29) is 0 Å². The fourth-order valence-electron chi connectivity index (χ4n) is 3.36. The van der Waals surface area contributed by atoms with Crippen LogP contribution in [0, 0.1) is 6.92 Å². The van der Waals surface area contributed by atoms with Gasteiger partial charge in [0.1, 0.15) is 0 Å². The second kappa shape index (κ2) is 5.24. The van der Waals surface area contributed by atoms with Crippen LogP contribution in [-0.4, -0.2) is 29.9 Å². The van der Waals surface area contributed by atoms with Crippen molar-refractivity contribution < 1.29 is 0 Å². The van der Waals surface area contributed by atoms with Gasteiger partial charge >= 0.3 is 0 Å². The number of pyridine rings is 2. The summed E-state index contributed by atoms with van der Waals surface area (Å²) >= 11 is 0. The minimum Gasteiger partial charge on any atom is -0.279 e. The van der Waals surface area contributed by atoms with Crippen molar-refractivity contribution in [2.75, 3.05) is 0 Å². The van der Waals surface area contributed by atoms with Crippen molar-refractivity contribution in [3.8, 4) is 22.4 Å². The van der Waals surface area contributed by atoms with E-state index in [2.05, 4.69) is 33.3 Å². The number of hydrogen-bond donors (Lipinski definition) is 1. The Morgan fingerprint density at radius 1 is 1.16 bits per heavy atom. The Balaban J connectivity index is 1.81. The van der Waals surface area contributed by atoms with Crippen LogP contribution in [-0.2, 0) is 7.05 Å².